The number of para-hydroxylation sites is 1. The van der Waals surface area contributed by atoms with Crippen molar-refractivity contribution in [2.45, 2.75) is 18.6 Å². The van der Waals surface area contributed by atoms with Gasteiger partial charge < -0.3 is 15.2 Å². The van der Waals surface area contributed by atoms with Gasteiger partial charge in [0.1, 0.15) is 5.15 Å². The third-order valence-corrected chi connectivity index (χ3v) is 4.95. The SMILES string of the molecule is Cc1nn(-c2ccccc2)c(Cl)c1/C=N\N=C1/NC(=O)[C@@H](CC(=O)[O-])S1. The number of halogens is 1. The van der Waals surface area contributed by atoms with Crippen molar-refractivity contribution >= 4 is 46.6 Å². The van der Waals surface area contributed by atoms with Gasteiger partial charge in [-0.3, -0.25) is 4.79 Å². The molecule has 1 fully saturated rings. The molecule has 1 aromatic heterocycles. The Morgan fingerprint density at radius 2 is 2.19 bits per heavy atom. The number of thioether (sulfide) groups is 1. The van der Waals surface area contributed by atoms with E-state index in [0.717, 1.165) is 17.4 Å². The minimum atomic E-state index is -1.29. The number of aliphatic carboxylic acids is 1. The minimum Gasteiger partial charge on any atom is -0.550 e. The smallest absolute Gasteiger partial charge is 0.239 e. The number of carboxylic acid groups (broad SMARTS) is 1. The van der Waals surface area contributed by atoms with Gasteiger partial charge in [0.2, 0.25) is 5.91 Å². The summed E-state index contributed by atoms with van der Waals surface area (Å²) < 4.78 is 1.59. The predicted molar refractivity (Wildman–Crippen MR) is 97.5 cm³/mol. The number of nitrogens with one attached hydrogen (secondary N) is 1. The molecule has 2 heterocycles. The highest BCUT2D eigenvalue weighted by Crippen LogP contribution is 2.23. The first-order valence-electron chi connectivity index (χ1n) is 7.54. The van der Waals surface area contributed by atoms with Crippen LogP contribution in [0.5, 0.6) is 0 Å². The molecule has 134 valence electrons. The molecule has 1 atom stereocenters. The lowest BCUT2D eigenvalue weighted by molar-refractivity contribution is -0.305. The van der Waals surface area contributed by atoms with Gasteiger partial charge in [0.15, 0.2) is 5.17 Å². The van der Waals surface area contributed by atoms with E-state index in [1.54, 1.807) is 11.6 Å². The summed E-state index contributed by atoms with van der Waals surface area (Å²) in [6, 6.07) is 9.41. The number of rotatable bonds is 5. The van der Waals surface area contributed by atoms with E-state index in [1.807, 2.05) is 30.3 Å². The molecule has 1 saturated heterocycles. The maximum absolute atomic E-state index is 11.6. The summed E-state index contributed by atoms with van der Waals surface area (Å²) in [4.78, 5) is 22.2. The summed E-state index contributed by atoms with van der Waals surface area (Å²) in [5.41, 5.74) is 2.08. The molecule has 3 rings (SSSR count). The van der Waals surface area contributed by atoms with Crippen LogP contribution in [0.4, 0.5) is 0 Å². The standard InChI is InChI=1S/C16H14ClN5O3S/c1-9-11(14(17)22(21-9)10-5-3-2-4-6-10)8-18-20-16-19-15(25)12(26-16)7-13(23)24/h2-6,8,12H,7H2,1H3,(H,23,24)(H,19,20,25)/p-1/b18-8-/t12-/m1/s1. The zero-order valence-corrected chi connectivity index (χ0v) is 15.1. The van der Waals surface area contributed by atoms with Crippen molar-refractivity contribution in [3.8, 4) is 5.69 Å². The highest BCUT2D eigenvalue weighted by atomic mass is 35.5. The first-order chi connectivity index (χ1) is 12.5. The van der Waals surface area contributed by atoms with Crippen LogP contribution in [0, 0.1) is 6.92 Å². The molecule has 0 spiro atoms. The van der Waals surface area contributed by atoms with Crippen molar-refractivity contribution in [3.05, 3.63) is 46.7 Å². The van der Waals surface area contributed by atoms with Crippen molar-refractivity contribution in [1.29, 1.82) is 0 Å². The molecule has 1 amide bonds. The number of nitrogens with zero attached hydrogens (tertiary/aromatic N) is 4. The molecule has 1 aromatic carbocycles. The Morgan fingerprint density at radius 3 is 2.88 bits per heavy atom. The molecule has 1 N–H and O–H groups in total. The van der Waals surface area contributed by atoms with Gasteiger partial charge in [0.25, 0.3) is 0 Å². The largest absolute Gasteiger partial charge is 0.550 e. The van der Waals surface area contributed by atoms with E-state index in [2.05, 4.69) is 20.6 Å². The lowest BCUT2D eigenvalue weighted by Crippen LogP contribution is -2.31. The monoisotopic (exact) mass is 390 g/mol. The molecular weight excluding hydrogens is 378 g/mol. The van der Waals surface area contributed by atoms with Crippen LogP contribution in [0.2, 0.25) is 5.15 Å². The molecule has 0 saturated carbocycles. The van der Waals surface area contributed by atoms with E-state index in [9.17, 15) is 14.7 Å². The number of aryl methyl sites for hydroxylation is 1. The average Bonchev–Trinajstić information content (AvgIpc) is 3.09. The Kier molecular flexibility index (Phi) is 5.38. The van der Waals surface area contributed by atoms with Gasteiger partial charge in [0.05, 0.1) is 28.4 Å². The van der Waals surface area contributed by atoms with E-state index in [0.29, 0.717) is 16.4 Å². The zero-order chi connectivity index (χ0) is 18.7. The van der Waals surface area contributed by atoms with Gasteiger partial charge in [-0.15, -0.1) is 5.10 Å². The van der Waals surface area contributed by atoms with E-state index in [4.69, 9.17) is 11.6 Å². The van der Waals surface area contributed by atoms with Gasteiger partial charge in [0, 0.05) is 12.4 Å². The lowest BCUT2D eigenvalue weighted by Gasteiger charge is -2.04. The van der Waals surface area contributed by atoms with Crippen LogP contribution in [0.25, 0.3) is 5.69 Å². The molecule has 0 aliphatic carbocycles. The third-order valence-electron chi connectivity index (χ3n) is 3.51. The fraction of sp³-hybridized carbons (Fsp3) is 0.188. The highest BCUT2D eigenvalue weighted by molar-refractivity contribution is 8.15. The minimum absolute atomic E-state index is 0.224. The van der Waals surface area contributed by atoms with E-state index >= 15 is 0 Å². The van der Waals surface area contributed by atoms with Crippen LogP contribution in [0.15, 0.2) is 40.5 Å². The topological polar surface area (TPSA) is 112 Å². The highest BCUT2D eigenvalue weighted by Gasteiger charge is 2.30. The van der Waals surface area contributed by atoms with Gasteiger partial charge in [-0.25, -0.2) is 4.68 Å². The number of carboxylic acids is 1. The van der Waals surface area contributed by atoms with Crippen LogP contribution in [-0.2, 0) is 9.59 Å². The number of hydrogen-bond acceptors (Lipinski definition) is 7. The molecule has 0 bridgehead atoms. The molecule has 26 heavy (non-hydrogen) atoms. The molecule has 1 aliphatic heterocycles. The number of aromatic nitrogens is 2. The Morgan fingerprint density at radius 1 is 1.46 bits per heavy atom. The van der Waals surface area contributed by atoms with Crippen LogP contribution < -0.4 is 10.4 Å². The molecule has 8 nitrogen and oxygen atoms in total. The molecular formula is C16H13ClN5O3S-. The van der Waals surface area contributed by atoms with Crippen LogP contribution in [0.1, 0.15) is 17.7 Å². The number of amides is 1. The van der Waals surface area contributed by atoms with Crippen molar-refractivity contribution < 1.29 is 14.7 Å². The summed E-state index contributed by atoms with van der Waals surface area (Å²) in [5, 5.41) is 25.1. The zero-order valence-electron chi connectivity index (χ0n) is 13.5. The van der Waals surface area contributed by atoms with E-state index in [-0.39, 0.29) is 11.6 Å². The summed E-state index contributed by atoms with van der Waals surface area (Å²) in [5.74, 6) is -1.72. The first kappa shape index (κ1) is 18.2. The lowest BCUT2D eigenvalue weighted by atomic mass is 10.3. The second-order valence-electron chi connectivity index (χ2n) is 5.36. The first-order valence-corrected chi connectivity index (χ1v) is 8.80. The Labute approximate surface area is 157 Å². The van der Waals surface area contributed by atoms with Crippen LogP contribution in [-0.4, -0.2) is 38.3 Å². The maximum atomic E-state index is 11.6. The average molecular weight is 391 g/mol. The van der Waals surface area contributed by atoms with Gasteiger partial charge in [-0.2, -0.15) is 10.2 Å². The van der Waals surface area contributed by atoms with Crippen molar-refractivity contribution in [3.63, 3.8) is 0 Å². The molecule has 0 unspecified atom stereocenters. The number of carbonyl (C=O) groups excluding carboxylic acids is 2. The fourth-order valence-electron chi connectivity index (χ4n) is 2.28. The summed E-state index contributed by atoms with van der Waals surface area (Å²) >= 11 is 7.37. The van der Waals surface area contributed by atoms with Gasteiger partial charge in [-0.05, 0) is 19.1 Å². The fourth-order valence-corrected chi connectivity index (χ4v) is 3.50. The van der Waals surface area contributed by atoms with Crippen molar-refractivity contribution in [2.24, 2.45) is 10.2 Å². The molecule has 1 aliphatic rings. The number of hydrogen-bond donors (Lipinski definition) is 1. The van der Waals surface area contributed by atoms with Crippen molar-refractivity contribution in [2.75, 3.05) is 0 Å². The Hall–Kier alpha value is -2.65. The van der Waals surface area contributed by atoms with E-state index in [1.165, 1.54) is 6.21 Å². The van der Waals surface area contributed by atoms with Gasteiger partial charge in [-0.1, -0.05) is 41.6 Å². The number of amidine groups is 1. The van der Waals surface area contributed by atoms with Crippen molar-refractivity contribution in [1.82, 2.24) is 15.1 Å². The summed E-state index contributed by atoms with van der Waals surface area (Å²) in [6.07, 6.45) is 1.06. The Bertz CT molecular complexity index is 910. The van der Waals surface area contributed by atoms with E-state index < -0.39 is 17.1 Å². The van der Waals surface area contributed by atoms with Gasteiger partial charge >= 0.3 is 0 Å². The predicted octanol–water partition coefficient (Wildman–Crippen LogP) is 0.896. The normalized spacial score (nSPS) is 18.6. The second kappa shape index (κ2) is 7.71. The third kappa shape index (κ3) is 3.94. The number of benzene rings is 1. The second-order valence-corrected chi connectivity index (χ2v) is 6.91. The summed E-state index contributed by atoms with van der Waals surface area (Å²) in [6.45, 7) is 1.79. The molecule has 0 radical (unpaired) electrons. The molecule has 10 heteroatoms. The molecule has 2 aromatic rings. The number of carbonyl (C=O) groups is 2. The Balaban J connectivity index is 1.77. The van der Waals surface area contributed by atoms with Crippen LogP contribution in [0.3, 0.4) is 0 Å². The maximum Gasteiger partial charge on any atom is 0.239 e. The quantitative estimate of drug-likeness (QED) is 0.602. The van der Waals surface area contributed by atoms with Crippen LogP contribution >= 0.6 is 23.4 Å². The summed E-state index contributed by atoms with van der Waals surface area (Å²) in [7, 11) is 0.